The Morgan fingerprint density at radius 1 is 1.14 bits per heavy atom. The number of anilines is 1. The van der Waals surface area contributed by atoms with Crippen LogP contribution in [0.2, 0.25) is 0 Å². The molecule has 2 aromatic rings. The third-order valence-electron chi connectivity index (χ3n) is 2.77. The minimum absolute atomic E-state index is 0.371. The molecule has 0 aliphatic carbocycles. The molecule has 3 nitrogen and oxygen atoms in total. The summed E-state index contributed by atoms with van der Waals surface area (Å²) >= 11 is 8.72. The van der Waals surface area contributed by atoms with Gasteiger partial charge in [0.25, 0.3) is 10.0 Å². The van der Waals surface area contributed by atoms with Crippen molar-refractivity contribution in [3.63, 3.8) is 0 Å². The number of alkyl halides is 1. The van der Waals surface area contributed by atoms with Gasteiger partial charge >= 0.3 is 0 Å². The molecule has 1 N–H and O–H groups in total. The summed E-state index contributed by atoms with van der Waals surface area (Å²) in [6.07, 6.45) is 0.704. The van der Waals surface area contributed by atoms with Crippen LogP contribution >= 0.6 is 27.5 Å². The van der Waals surface area contributed by atoms with Crippen LogP contribution in [0.15, 0.2) is 51.8 Å². The van der Waals surface area contributed by atoms with Gasteiger partial charge in [-0.1, -0.05) is 28.1 Å². The van der Waals surface area contributed by atoms with Crippen molar-refractivity contribution in [2.45, 2.75) is 11.3 Å². The summed E-state index contributed by atoms with van der Waals surface area (Å²) in [5, 5.41) is 0. The van der Waals surface area contributed by atoms with Crippen LogP contribution in [0.5, 0.6) is 0 Å². The second-order valence-corrected chi connectivity index (χ2v) is 7.26. The molecule has 2 aromatic carbocycles. The number of sulfonamides is 1. The van der Waals surface area contributed by atoms with Gasteiger partial charge < -0.3 is 0 Å². The summed E-state index contributed by atoms with van der Waals surface area (Å²) < 4.78 is 40.9. The average molecular weight is 393 g/mol. The molecule has 0 saturated heterocycles. The average Bonchev–Trinajstić information content (AvgIpc) is 2.40. The Balaban J connectivity index is 2.24. The summed E-state index contributed by atoms with van der Waals surface area (Å²) in [5.74, 6) is -0.314. The highest BCUT2D eigenvalue weighted by Crippen LogP contribution is 2.22. The van der Waals surface area contributed by atoms with Crippen LogP contribution in [-0.4, -0.2) is 14.3 Å². The van der Waals surface area contributed by atoms with Crippen LogP contribution in [0.3, 0.4) is 0 Å². The van der Waals surface area contributed by atoms with Gasteiger partial charge in [0.15, 0.2) is 0 Å². The minimum Gasteiger partial charge on any atom is -0.280 e. The molecular formula is C14H12BrClFNO2S. The van der Waals surface area contributed by atoms with E-state index >= 15 is 0 Å². The van der Waals surface area contributed by atoms with Crippen LogP contribution in [0.1, 0.15) is 5.56 Å². The molecule has 0 amide bonds. The van der Waals surface area contributed by atoms with Gasteiger partial charge in [-0.25, -0.2) is 12.8 Å². The Morgan fingerprint density at radius 2 is 1.81 bits per heavy atom. The van der Waals surface area contributed by atoms with Gasteiger partial charge in [-0.3, -0.25) is 4.72 Å². The highest BCUT2D eigenvalue weighted by molar-refractivity contribution is 9.10. The molecule has 0 aliphatic heterocycles. The SMILES string of the molecule is O=S(=O)(Nc1ccc(CCCl)cc1)c1ccc(Br)cc1F. The van der Waals surface area contributed by atoms with Crippen molar-refractivity contribution in [1.29, 1.82) is 0 Å². The summed E-state index contributed by atoms with van der Waals surface area (Å²) in [7, 11) is -3.96. The van der Waals surface area contributed by atoms with Crippen molar-refractivity contribution in [2.75, 3.05) is 10.6 Å². The fraction of sp³-hybridized carbons (Fsp3) is 0.143. The molecule has 0 aliphatic rings. The van der Waals surface area contributed by atoms with Gasteiger partial charge in [-0.05, 0) is 42.3 Å². The number of benzene rings is 2. The van der Waals surface area contributed by atoms with E-state index in [4.69, 9.17) is 11.6 Å². The molecule has 112 valence electrons. The number of hydrogen-bond acceptors (Lipinski definition) is 2. The molecule has 0 heterocycles. The largest absolute Gasteiger partial charge is 0.280 e. The predicted molar refractivity (Wildman–Crippen MR) is 85.8 cm³/mol. The van der Waals surface area contributed by atoms with Crippen molar-refractivity contribution in [1.82, 2.24) is 0 Å². The zero-order chi connectivity index (χ0) is 15.5. The first-order chi connectivity index (χ1) is 9.92. The molecular weight excluding hydrogens is 381 g/mol. The lowest BCUT2D eigenvalue weighted by atomic mass is 10.2. The van der Waals surface area contributed by atoms with E-state index in [1.807, 2.05) is 0 Å². The first-order valence-electron chi connectivity index (χ1n) is 6.05. The zero-order valence-corrected chi connectivity index (χ0v) is 14.0. The van der Waals surface area contributed by atoms with E-state index in [-0.39, 0.29) is 0 Å². The molecule has 0 spiro atoms. The summed E-state index contributed by atoms with van der Waals surface area (Å²) in [5.41, 5.74) is 1.37. The van der Waals surface area contributed by atoms with Gasteiger partial charge in [0.2, 0.25) is 0 Å². The predicted octanol–water partition coefficient (Wildman–Crippen LogP) is 4.17. The smallest absolute Gasteiger partial charge is 0.264 e. The van der Waals surface area contributed by atoms with Gasteiger partial charge in [-0.2, -0.15) is 0 Å². The third kappa shape index (κ3) is 4.18. The monoisotopic (exact) mass is 391 g/mol. The Morgan fingerprint density at radius 3 is 2.38 bits per heavy atom. The Hall–Kier alpha value is -1.11. The maximum Gasteiger partial charge on any atom is 0.264 e. The van der Waals surface area contributed by atoms with Crippen molar-refractivity contribution in [3.05, 3.63) is 58.3 Å². The molecule has 0 fully saturated rings. The van der Waals surface area contributed by atoms with Gasteiger partial charge in [0.1, 0.15) is 10.7 Å². The molecule has 0 aromatic heterocycles. The lowest BCUT2D eigenvalue weighted by Gasteiger charge is -2.09. The van der Waals surface area contributed by atoms with Gasteiger partial charge in [-0.15, -0.1) is 11.6 Å². The topological polar surface area (TPSA) is 46.2 Å². The van der Waals surface area contributed by atoms with Crippen LogP contribution in [0.25, 0.3) is 0 Å². The number of hydrogen-bond donors (Lipinski definition) is 1. The van der Waals surface area contributed by atoms with E-state index in [2.05, 4.69) is 20.7 Å². The first-order valence-corrected chi connectivity index (χ1v) is 8.86. The molecule has 2 rings (SSSR count). The van der Waals surface area contributed by atoms with Crippen molar-refractivity contribution in [3.8, 4) is 0 Å². The van der Waals surface area contributed by atoms with E-state index in [1.165, 1.54) is 12.1 Å². The molecule has 0 bridgehead atoms. The molecule has 21 heavy (non-hydrogen) atoms. The van der Waals surface area contributed by atoms with Crippen LogP contribution in [0, 0.1) is 5.82 Å². The Labute approximate surface area is 136 Å². The number of rotatable bonds is 5. The molecule has 0 unspecified atom stereocenters. The second kappa shape index (κ2) is 6.77. The standard InChI is InChI=1S/C14H12BrClFNO2S/c15-11-3-6-14(13(17)9-11)21(19,20)18-12-4-1-10(2-5-12)7-8-16/h1-6,9,18H,7-8H2. The van der Waals surface area contributed by atoms with Crippen molar-refractivity contribution in [2.24, 2.45) is 0 Å². The fourth-order valence-electron chi connectivity index (χ4n) is 1.75. The van der Waals surface area contributed by atoms with E-state index in [0.29, 0.717) is 22.5 Å². The van der Waals surface area contributed by atoms with Crippen molar-refractivity contribution < 1.29 is 12.8 Å². The van der Waals surface area contributed by atoms with Crippen LogP contribution < -0.4 is 4.72 Å². The lowest BCUT2D eigenvalue weighted by Crippen LogP contribution is -2.14. The van der Waals surface area contributed by atoms with Crippen LogP contribution in [-0.2, 0) is 16.4 Å². The number of aryl methyl sites for hydroxylation is 1. The van der Waals surface area contributed by atoms with Gasteiger partial charge in [0.05, 0.1) is 0 Å². The highest BCUT2D eigenvalue weighted by atomic mass is 79.9. The maximum atomic E-state index is 13.7. The molecule has 0 radical (unpaired) electrons. The highest BCUT2D eigenvalue weighted by Gasteiger charge is 2.19. The normalized spacial score (nSPS) is 11.4. The molecule has 0 saturated carbocycles. The fourth-order valence-corrected chi connectivity index (χ4v) is 3.42. The molecule has 7 heteroatoms. The summed E-state index contributed by atoms with van der Waals surface area (Å²) in [6, 6.07) is 10.6. The minimum atomic E-state index is -3.96. The Kier molecular flexibility index (Phi) is 5.24. The number of halogens is 3. The quantitative estimate of drug-likeness (QED) is 0.776. The zero-order valence-electron chi connectivity index (χ0n) is 10.8. The summed E-state index contributed by atoms with van der Waals surface area (Å²) in [4.78, 5) is -0.393. The van der Waals surface area contributed by atoms with E-state index in [9.17, 15) is 12.8 Å². The van der Waals surface area contributed by atoms with Gasteiger partial charge in [0, 0.05) is 16.0 Å². The van der Waals surface area contributed by atoms with Crippen LogP contribution in [0.4, 0.5) is 10.1 Å². The van der Waals surface area contributed by atoms with E-state index in [1.54, 1.807) is 24.3 Å². The number of nitrogens with one attached hydrogen (secondary N) is 1. The van der Waals surface area contributed by atoms with Crippen molar-refractivity contribution >= 4 is 43.2 Å². The maximum absolute atomic E-state index is 13.7. The lowest BCUT2D eigenvalue weighted by molar-refractivity contribution is 0.570. The second-order valence-electron chi connectivity index (χ2n) is 4.32. The third-order valence-corrected chi connectivity index (χ3v) is 4.87. The van der Waals surface area contributed by atoms with E-state index in [0.717, 1.165) is 11.6 Å². The summed E-state index contributed by atoms with van der Waals surface area (Å²) in [6.45, 7) is 0. The molecule has 0 atom stereocenters. The first kappa shape index (κ1) is 16.3. The Bertz CT molecular complexity index is 735. The van der Waals surface area contributed by atoms with E-state index < -0.39 is 20.7 Å².